The number of hydrogen-bond acceptors (Lipinski definition) is 3. The van der Waals surface area contributed by atoms with Gasteiger partial charge < -0.3 is 5.73 Å². The second-order valence-electron chi connectivity index (χ2n) is 3.71. The molecule has 0 bridgehead atoms. The van der Waals surface area contributed by atoms with Crippen molar-refractivity contribution < 1.29 is 0 Å². The molecule has 0 spiro atoms. The molecule has 0 aromatic carbocycles. The van der Waals surface area contributed by atoms with Crippen molar-refractivity contribution in [2.24, 2.45) is 7.05 Å². The molecule has 2 N–H and O–H groups in total. The first-order valence-corrected chi connectivity index (χ1v) is 4.96. The number of pyridine rings is 1. The van der Waals surface area contributed by atoms with Crippen molar-refractivity contribution >= 4 is 16.7 Å². The van der Waals surface area contributed by atoms with Crippen molar-refractivity contribution in [1.29, 1.82) is 0 Å². The highest BCUT2D eigenvalue weighted by Gasteiger charge is 2.06. The van der Waals surface area contributed by atoms with E-state index in [9.17, 15) is 0 Å². The lowest BCUT2D eigenvalue weighted by atomic mass is 10.3. The molecule has 3 aromatic heterocycles. The summed E-state index contributed by atoms with van der Waals surface area (Å²) in [4.78, 5) is 4.32. The first-order valence-electron chi connectivity index (χ1n) is 4.96. The van der Waals surface area contributed by atoms with E-state index in [-0.39, 0.29) is 0 Å². The van der Waals surface area contributed by atoms with Gasteiger partial charge in [-0.05, 0) is 12.1 Å². The predicted octanol–water partition coefficient (Wildman–Crippen LogP) is 1.34. The Kier molecular flexibility index (Phi) is 1.73. The van der Waals surface area contributed by atoms with Gasteiger partial charge in [-0.3, -0.25) is 9.25 Å². The van der Waals surface area contributed by atoms with Crippen LogP contribution in [0.2, 0.25) is 0 Å². The molecule has 3 aromatic rings. The largest absolute Gasteiger partial charge is 0.397 e. The molecule has 0 atom stereocenters. The van der Waals surface area contributed by atoms with Gasteiger partial charge in [-0.2, -0.15) is 5.10 Å². The summed E-state index contributed by atoms with van der Waals surface area (Å²) in [6.07, 6.45) is 5.50. The van der Waals surface area contributed by atoms with Crippen LogP contribution < -0.4 is 5.73 Å². The molecular weight excluding hydrogens is 202 g/mol. The van der Waals surface area contributed by atoms with E-state index in [2.05, 4.69) is 10.1 Å². The summed E-state index contributed by atoms with van der Waals surface area (Å²) in [5.41, 5.74) is 7.23. The molecule has 3 heterocycles. The molecule has 0 saturated carbocycles. The van der Waals surface area contributed by atoms with Gasteiger partial charge in [0.1, 0.15) is 5.65 Å². The third-order valence-corrected chi connectivity index (χ3v) is 2.49. The summed E-state index contributed by atoms with van der Waals surface area (Å²) < 4.78 is 3.70. The SMILES string of the molecule is Cn1ccc(-n2ccc3cc(N)cnc32)n1. The Morgan fingerprint density at radius 3 is 2.88 bits per heavy atom. The number of anilines is 1. The first kappa shape index (κ1) is 8.96. The molecule has 0 aliphatic rings. The van der Waals surface area contributed by atoms with Gasteiger partial charge in [-0.15, -0.1) is 0 Å². The number of nitrogen functional groups attached to an aromatic ring is 1. The molecular formula is C11H11N5. The third kappa shape index (κ3) is 1.25. The normalized spacial score (nSPS) is 11.1. The van der Waals surface area contributed by atoms with Crippen LogP contribution in [0.25, 0.3) is 16.9 Å². The van der Waals surface area contributed by atoms with Gasteiger partial charge in [-0.25, -0.2) is 4.98 Å². The highest BCUT2D eigenvalue weighted by molar-refractivity contribution is 5.80. The molecule has 0 radical (unpaired) electrons. The smallest absolute Gasteiger partial charge is 0.160 e. The van der Waals surface area contributed by atoms with E-state index in [1.165, 1.54) is 0 Å². The first-order chi connectivity index (χ1) is 7.74. The fourth-order valence-electron chi connectivity index (χ4n) is 1.76. The molecule has 0 amide bonds. The third-order valence-electron chi connectivity index (χ3n) is 2.49. The maximum absolute atomic E-state index is 5.68. The molecule has 3 rings (SSSR count). The van der Waals surface area contributed by atoms with E-state index in [1.54, 1.807) is 10.9 Å². The Morgan fingerprint density at radius 2 is 2.12 bits per heavy atom. The van der Waals surface area contributed by atoms with Crippen LogP contribution in [0.5, 0.6) is 0 Å². The number of nitrogens with two attached hydrogens (primary N) is 1. The zero-order chi connectivity index (χ0) is 11.1. The maximum Gasteiger partial charge on any atom is 0.160 e. The summed E-state index contributed by atoms with van der Waals surface area (Å²) in [6, 6.07) is 5.83. The number of fused-ring (bicyclic) bond motifs is 1. The van der Waals surface area contributed by atoms with Crippen molar-refractivity contribution in [2.75, 3.05) is 5.73 Å². The van der Waals surface area contributed by atoms with Crippen LogP contribution in [0.15, 0.2) is 36.8 Å². The molecule has 0 aliphatic carbocycles. The van der Waals surface area contributed by atoms with Crippen molar-refractivity contribution in [2.45, 2.75) is 0 Å². The topological polar surface area (TPSA) is 61.7 Å². The van der Waals surface area contributed by atoms with Crippen LogP contribution in [0.3, 0.4) is 0 Å². The van der Waals surface area contributed by atoms with Gasteiger partial charge >= 0.3 is 0 Å². The van der Waals surface area contributed by atoms with E-state index in [0.29, 0.717) is 5.69 Å². The Bertz CT molecular complexity index is 649. The fourth-order valence-corrected chi connectivity index (χ4v) is 1.76. The van der Waals surface area contributed by atoms with Gasteiger partial charge in [0.05, 0.1) is 11.9 Å². The van der Waals surface area contributed by atoms with Crippen LogP contribution in [-0.4, -0.2) is 19.3 Å². The minimum atomic E-state index is 0.672. The molecule has 0 fully saturated rings. The van der Waals surface area contributed by atoms with E-state index in [0.717, 1.165) is 16.9 Å². The van der Waals surface area contributed by atoms with Crippen molar-refractivity contribution in [1.82, 2.24) is 19.3 Å². The summed E-state index contributed by atoms with van der Waals surface area (Å²) in [7, 11) is 1.89. The standard InChI is InChI=1S/C11H11N5/c1-15-4-3-10(14-15)16-5-2-8-6-9(12)7-13-11(8)16/h2-7H,12H2,1H3. The number of rotatable bonds is 1. The van der Waals surface area contributed by atoms with Crippen LogP contribution in [0.1, 0.15) is 0 Å². The molecule has 80 valence electrons. The number of nitrogens with zero attached hydrogens (tertiary/aromatic N) is 4. The summed E-state index contributed by atoms with van der Waals surface area (Å²) in [5.74, 6) is 0.856. The quantitative estimate of drug-likeness (QED) is 0.663. The van der Waals surface area contributed by atoms with Crippen molar-refractivity contribution in [3.8, 4) is 5.82 Å². The monoisotopic (exact) mass is 213 g/mol. The second-order valence-corrected chi connectivity index (χ2v) is 3.71. The zero-order valence-corrected chi connectivity index (χ0v) is 8.83. The van der Waals surface area contributed by atoms with Crippen LogP contribution in [-0.2, 0) is 7.05 Å². The van der Waals surface area contributed by atoms with Crippen molar-refractivity contribution in [3.05, 3.63) is 36.8 Å². The number of hydrogen-bond donors (Lipinski definition) is 1. The predicted molar refractivity (Wildman–Crippen MR) is 62.2 cm³/mol. The van der Waals surface area contributed by atoms with E-state index in [1.807, 2.05) is 42.2 Å². The molecule has 16 heavy (non-hydrogen) atoms. The lowest BCUT2D eigenvalue weighted by molar-refractivity contribution is 0.753. The van der Waals surface area contributed by atoms with Crippen LogP contribution in [0, 0.1) is 0 Å². The van der Waals surface area contributed by atoms with Gasteiger partial charge in [-0.1, -0.05) is 0 Å². The average molecular weight is 213 g/mol. The number of aryl methyl sites for hydroxylation is 1. The van der Waals surface area contributed by atoms with E-state index in [4.69, 9.17) is 5.73 Å². The highest BCUT2D eigenvalue weighted by Crippen LogP contribution is 2.18. The highest BCUT2D eigenvalue weighted by atomic mass is 15.3. The van der Waals surface area contributed by atoms with Gasteiger partial charge in [0.25, 0.3) is 0 Å². The van der Waals surface area contributed by atoms with E-state index < -0.39 is 0 Å². The van der Waals surface area contributed by atoms with Crippen LogP contribution in [0.4, 0.5) is 5.69 Å². The molecule has 0 unspecified atom stereocenters. The van der Waals surface area contributed by atoms with Crippen molar-refractivity contribution in [3.63, 3.8) is 0 Å². The summed E-state index contributed by atoms with van der Waals surface area (Å²) in [5, 5.41) is 5.35. The summed E-state index contributed by atoms with van der Waals surface area (Å²) >= 11 is 0. The molecule has 5 nitrogen and oxygen atoms in total. The minimum Gasteiger partial charge on any atom is -0.397 e. The van der Waals surface area contributed by atoms with Crippen LogP contribution >= 0.6 is 0 Å². The molecule has 5 heteroatoms. The fraction of sp³-hybridized carbons (Fsp3) is 0.0909. The van der Waals surface area contributed by atoms with E-state index >= 15 is 0 Å². The van der Waals surface area contributed by atoms with Gasteiger partial charge in [0.2, 0.25) is 0 Å². The average Bonchev–Trinajstić information content (AvgIpc) is 2.83. The second kappa shape index (κ2) is 3.10. The Balaban J connectivity index is 2.25. The maximum atomic E-state index is 5.68. The Morgan fingerprint density at radius 1 is 1.25 bits per heavy atom. The Hall–Kier alpha value is -2.30. The molecule has 0 saturated heterocycles. The van der Waals surface area contributed by atoms with Gasteiger partial charge in [0, 0.05) is 30.9 Å². The summed E-state index contributed by atoms with van der Waals surface area (Å²) in [6.45, 7) is 0. The lowest BCUT2D eigenvalue weighted by Crippen LogP contribution is -1.97. The Labute approximate surface area is 92.1 Å². The van der Waals surface area contributed by atoms with Gasteiger partial charge in [0.15, 0.2) is 5.82 Å². The molecule has 0 aliphatic heterocycles. The lowest BCUT2D eigenvalue weighted by Gasteiger charge is -2.00. The zero-order valence-electron chi connectivity index (χ0n) is 8.83. The minimum absolute atomic E-state index is 0.672. The number of aromatic nitrogens is 4.